The summed E-state index contributed by atoms with van der Waals surface area (Å²) in [5.41, 5.74) is 0.122. The van der Waals surface area contributed by atoms with E-state index in [-0.39, 0.29) is 5.43 Å². The normalized spacial score (nSPS) is 12.2. The van der Waals surface area contributed by atoms with E-state index in [4.69, 9.17) is 0 Å². The van der Waals surface area contributed by atoms with Crippen LogP contribution in [0.15, 0.2) is 76.0 Å². The molecular weight excluding hydrogens is 404 g/mol. The third-order valence-electron chi connectivity index (χ3n) is 5.29. The molecule has 5 aromatic carbocycles. The molecule has 0 amide bonds. The number of rotatable bonds is 0. The summed E-state index contributed by atoms with van der Waals surface area (Å²) in [5.74, 6) is 0. The highest BCUT2D eigenvalue weighted by molar-refractivity contribution is 9.10. The zero-order valence-electron chi connectivity index (χ0n) is 13.5. The molecule has 0 aliphatic rings. The van der Waals surface area contributed by atoms with Crippen LogP contribution < -0.4 is 5.43 Å². The Hall–Kier alpha value is -2.49. The Morgan fingerprint density at radius 1 is 0.654 bits per heavy atom. The van der Waals surface area contributed by atoms with E-state index in [0.717, 1.165) is 31.4 Å². The van der Waals surface area contributed by atoms with Gasteiger partial charge in [0.25, 0.3) is 0 Å². The molecular formula is C23H11BrOS. The van der Waals surface area contributed by atoms with Gasteiger partial charge in [-0.05, 0) is 55.7 Å². The lowest BCUT2D eigenvalue weighted by atomic mass is 9.92. The summed E-state index contributed by atoms with van der Waals surface area (Å²) in [6, 6.07) is 22.7. The molecule has 0 spiro atoms. The summed E-state index contributed by atoms with van der Waals surface area (Å²) in [7, 11) is 0. The number of hydrogen-bond donors (Lipinski definition) is 0. The minimum Gasteiger partial charge on any atom is -0.289 e. The monoisotopic (exact) mass is 414 g/mol. The van der Waals surface area contributed by atoms with Crippen LogP contribution in [-0.4, -0.2) is 0 Å². The summed E-state index contributed by atoms with van der Waals surface area (Å²) in [6.07, 6.45) is 0. The molecule has 0 bridgehead atoms. The van der Waals surface area contributed by atoms with Gasteiger partial charge in [-0.1, -0.05) is 48.5 Å². The van der Waals surface area contributed by atoms with Gasteiger partial charge in [0.2, 0.25) is 0 Å². The van der Waals surface area contributed by atoms with Crippen molar-refractivity contribution in [1.29, 1.82) is 0 Å². The van der Waals surface area contributed by atoms with E-state index in [0.29, 0.717) is 0 Å². The first-order valence-corrected chi connectivity index (χ1v) is 10.1. The number of hydrogen-bond acceptors (Lipinski definition) is 2. The summed E-state index contributed by atoms with van der Waals surface area (Å²) >= 11 is 5.58. The molecule has 6 rings (SSSR count). The molecule has 0 unspecified atom stereocenters. The predicted octanol–water partition coefficient (Wildman–Crippen LogP) is 7.07. The molecule has 0 saturated heterocycles. The SMILES string of the molecule is O=c1c2ccccc2c2cc(Br)c3sc4ccccc4c4ccc1c2c34. The van der Waals surface area contributed by atoms with Crippen LogP contribution in [0.5, 0.6) is 0 Å². The number of benzene rings is 5. The second-order valence-electron chi connectivity index (χ2n) is 6.62. The fourth-order valence-corrected chi connectivity index (χ4v) is 5.97. The Bertz CT molecular complexity index is 1560. The zero-order chi connectivity index (χ0) is 17.4. The van der Waals surface area contributed by atoms with Crippen LogP contribution in [-0.2, 0) is 0 Å². The molecule has 0 N–H and O–H groups in total. The van der Waals surface area contributed by atoms with E-state index in [1.807, 2.05) is 24.3 Å². The number of halogens is 1. The molecule has 0 aliphatic heterocycles. The van der Waals surface area contributed by atoms with Gasteiger partial charge in [0, 0.05) is 30.7 Å². The van der Waals surface area contributed by atoms with Crippen molar-refractivity contribution < 1.29 is 0 Å². The lowest BCUT2D eigenvalue weighted by Crippen LogP contribution is -2.03. The molecule has 0 atom stereocenters. The standard InChI is InChI=1S/C23H11BrOS/c24-18-11-17-12-5-1-2-7-15(12)22(25)16-10-9-14-13-6-3-4-8-19(13)26-23(18)21(14)20(16)17/h1-11H. The smallest absolute Gasteiger partial charge is 0.194 e. The van der Waals surface area contributed by atoms with Crippen molar-refractivity contribution in [2.45, 2.75) is 0 Å². The summed E-state index contributed by atoms with van der Waals surface area (Å²) < 4.78 is 3.54. The Morgan fingerprint density at radius 2 is 1.35 bits per heavy atom. The Balaban J connectivity index is 2.07. The third kappa shape index (κ3) is 1.72. The van der Waals surface area contributed by atoms with Crippen molar-refractivity contribution >= 4 is 79.8 Å². The molecule has 3 heteroatoms. The predicted molar refractivity (Wildman–Crippen MR) is 117 cm³/mol. The van der Waals surface area contributed by atoms with Gasteiger partial charge in [-0.25, -0.2) is 0 Å². The number of fused-ring (bicyclic) bond motifs is 4. The molecule has 1 heterocycles. The second-order valence-corrected chi connectivity index (χ2v) is 8.53. The van der Waals surface area contributed by atoms with Crippen LogP contribution >= 0.6 is 27.3 Å². The van der Waals surface area contributed by atoms with Crippen LogP contribution in [0.3, 0.4) is 0 Å². The Morgan fingerprint density at radius 3 is 2.19 bits per heavy atom. The second kappa shape index (κ2) is 5.03. The Kier molecular flexibility index (Phi) is 2.83. The lowest BCUT2D eigenvalue weighted by Gasteiger charge is -2.15. The average Bonchev–Trinajstić information content (AvgIpc) is 2.69. The largest absolute Gasteiger partial charge is 0.289 e. The van der Waals surface area contributed by atoms with Gasteiger partial charge < -0.3 is 0 Å². The summed E-state index contributed by atoms with van der Waals surface area (Å²) in [5, 5.41) is 8.51. The highest BCUT2D eigenvalue weighted by Gasteiger charge is 2.18. The highest BCUT2D eigenvalue weighted by Crippen LogP contribution is 2.45. The van der Waals surface area contributed by atoms with Crippen molar-refractivity contribution in [3.8, 4) is 0 Å². The van der Waals surface area contributed by atoms with Crippen LogP contribution in [0.25, 0.3) is 52.5 Å². The molecule has 26 heavy (non-hydrogen) atoms. The maximum Gasteiger partial charge on any atom is 0.194 e. The van der Waals surface area contributed by atoms with Gasteiger partial charge in [-0.2, -0.15) is 0 Å². The summed E-state index contributed by atoms with van der Waals surface area (Å²) in [6.45, 7) is 0. The fraction of sp³-hybridized carbons (Fsp3) is 0. The van der Waals surface area contributed by atoms with E-state index in [1.54, 1.807) is 11.3 Å². The quantitative estimate of drug-likeness (QED) is 0.191. The van der Waals surface area contributed by atoms with Crippen molar-refractivity contribution in [1.82, 2.24) is 0 Å². The van der Waals surface area contributed by atoms with Crippen molar-refractivity contribution in [2.24, 2.45) is 0 Å². The minimum atomic E-state index is 0.122. The fourth-order valence-electron chi connectivity index (χ4n) is 4.18. The van der Waals surface area contributed by atoms with Gasteiger partial charge in [0.15, 0.2) is 5.43 Å². The zero-order valence-corrected chi connectivity index (χ0v) is 15.9. The van der Waals surface area contributed by atoms with Crippen LogP contribution in [0, 0.1) is 0 Å². The first-order valence-electron chi connectivity index (χ1n) is 8.44. The van der Waals surface area contributed by atoms with Gasteiger partial charge in [0.1, 0.15) is 0 Å². The van der Waals surface area contributed by atoms with Crippen LogP contribution in [0.2, 0.25) is 0 Å². The lowest BCUT2D eigenvalue weighted by molar-refractivity contribution is 1.73. The van der Waals surface area contributed by atoms with Gasteiger partial charge >= 0.3 is 0 Å². The van der Waals surface area contributed by atoms with Crippen molar-refractivity contribution in [3.05, 3.63) is 81.4 Å². The van der Waals surface area contributed by atoms with E-state index in [9.17, 15) is 4.79 Å². The Labute approximate surface area is 160 Å². The van der Waals surface area contributed by atoms with E-state index >= 15 is 0 Å². The maximum absolute atomic E-state index is 13.1. The van der Waals surface area contributed by atoms with Crippen molar-refractivity contribution in [3.63, 3.8) is 0 Å². The molecule has 1 nitrogen and oxygen atoms in total. The van der Waals surface area contributed by atoms with Gasteiger partial charge in [-0.3, -0.25) is 4.79 Å². The highest BCUT2D eigenvalue weighted by atomic mass is 79.9. The van der Waals surface area contributed by atoms with E-state index in [1.165, 1.54) is 25.6 Å². The first-order chi connectivity index (χ1) is 12.7. The topological polar surface area (TPSA) is 17.1 Å². The van der Waals surface area contributed by atoms with Gasteiger partial charge in [0.05, 0.1) is 4.70 Å². The first kappa shape index (κ1) is 14.7. The molecule has 6 aromatic rings. The van der Waals surface area contributed by atoms with E-state index < -0.39 is 0 Å². The minimum absolute atomic E-state index is 0.122. The molecule has 0 fully saturated rings. The third-order valence-corrected chi connectivity index (χ3v) is 7.38. The molecule has 0 saturated carbocycles. The summed E-state index contributed by atoms with van der Waals surface area (Å²) in [4.78, 5) is 13.1. The van der Waals surface area contributed by atoms with E-state index in [2.05, 4.69) is 58.4 Å². The average molecular weight is 415 g/mol. The molecule has 1 aromatic heterocycles. The van der Waals surface area contributed by atoms with Crippen LogP contribution in [0.4, 0.5) is 0 Å². The molecule has 122 valence electrons. The van der Waals surface area contributed by atoms with Gasteiger partial charge in [-0.15, -0.1) is 11.3 Å². The van der Waals surface area contributed by atoms with Crippen molar-refractivity contribution in [2.75, 3.05) is 0 Å². The molecule has 0 radical (unpaired) electrons. The maximum atomic E-state index is 13.1. The molecule has 0 aliphatic carbocycles. The van der Waals surface area contributed by atoms with Crippen LogP contribution in [0.1, 0.15) is 0 Å².